The van der Waals surface area contributed by atoms with Gasteiger partial charge in [-0.05, 0) is 36.5 Å². The molecule has 0 aliphatic heterocycles. The molecule has 5 heteroatoms. The highest BCUT2D eigenvalue weighted by atomic mass is 32.1. The van der Waals surface area contributed by atoms with Gasteiger partial charge < -0.3 is 10.0 Å². The Labute approximate surface area is 104 Å². The molecule has 1 aliphatic rings. The predicted molar refractivity (Wildman–Crippen MR) is 70.7 cm³/mol. The summed E-state index contributed by atoms with van der Waals surface area (Å²) in [5.41, 5.74) is 2.23. The van der Waals surface area contributed by atoms with E-state index in [0.29, 0.717) is 10.7 Å². The molecule has 2 aromatic rings. The molecule has 0 spiro atoms. The molecule has 1 aliphatic carbocycles. The lowest BCUT2D eigenvalue weighted by atomic mass is 9.89. The van der Waals surface area contributed by atoms with Crippen molar-refractivity contribution in [1.82, 2.24) is 4.98 Å². The van der Waals surface area contributed by atoms with E-state index < -0.39 is 7.12 Å². The first-order valence-electron chi connectivity index (χ1n) is 6.00. The van der Waals surface area contributed by atoms with Gasteiger partial charge in [-0.2, -0.15) is 0 Å². The average Bonchev–Trinajstić information content (AvgIpc) is 2.97. The quantitative estimate of drug-likeness (QED) is 0.793. The zero-order chi connectivity index (χ0) is 11.8. The minimum absolute atomic E-state index is 0.581. The van der Waals surface area contributed by atoms with Crippen molar-refractivity contribution in [3.05, 3.63) is 23.9 Å². The lowest BCUT2D eigenvalue weighted by Crippen LogP contribution is -2.26. The van der Waals surface area contributed by atoms with Crippen LogP contribution in [0, 0.1) is 0 Å². The van der Waals surface area contributed by atoms with Gasteiger partial charge in [0.05, 0.1) is 10.2 Å². The zero-order valence-corrected chi connectivity index (χ0v) is 10.3. The molecule has 0 bridgehead atoms. The first-order chi connectivity index (χ1) is 8.25. The molecule has 0 saturated heterocycles. The number of fused-ring (bicyclic) bond motifs is 1. The Kier molecular flexibility index (Phi) is 2.90. The van der Waals surface area contributed by atoms with E-state index in [1.54, 1.807) is 6.07 Å². The number of rotatable bonds is 2. The molecule has 3 nitrogen and oxygen atoms in total. The van der Waals surface area contributed by atoms with Crippen LogP contribution in [-0.2, 0) is 0 Å². The maximum absolute atomic E-state index is 9.22. The van der Waals surface area contributed by atoms with Crippen molar-refractivity contribution in [3.63, 3.8) is 0 Å². The van der Waals surface area contributed by atoms with Gasteiger partial charge in [-0.3, -0.25) is 4.98 Å². The third-order valence-corrected chi connectivity index (χ3v) is 4.72. The lowest BCUT2D eigenvalue weighted by molar-refractivity contribution is 0.427. The fourth-order valence-corrected chi connectivity index (χ4v) is 3.74. The Morgan fingerprint density at radius 3 is 2.76 bits per heavy atom. The van der Waals surface area contributed by atoms with Crippen LogP contribution in [0.2, 0.25) is 0 Å². The van der Waals surface area contributed by atoms with Crippen molar-refractivity contribution < 1.29 is 10.0 Å². The molecule has 1 saturated carbocycles. The maximum Gasteiger partial charge on any atom is 0.499 e. The van der Waals surface area contributed by atoms with E-state index in [1.807, 2.05) is 6.20 Å². The summed E-state index contributed by atoms with van der Waals surface area (Å²) in [4.78, 5) is 4.30. The van der Waals surface area contributed by atoms with Gasteiger partial charge in [-0.15, -0.1) is 11.3 Å². The van der Waals surface area contributed by atoms with Gasteiger partial charge in [-0.1, -0.05) is 12.8 Å². The van der Waals surface area contributed by atoms with E-state index in [4.69, 9.17) is 0 Å². The van der Waals surface area contributed by atoms with Crippen LogP contribution in [0.1, 0.15) is 37.2 Å². The molecule has 0 aromatic carbocycles. The van der Waals surface area contributed by atoms with Crippen LogP contribution in [0.15, 0.2) is 18.3 Å². The SMILES string of the molecule is OB(O)c1cc2nccc(C3CCCC3)c2s1. The summed E-state index contributed by atoms with van der Waals surface area (Å²) in [6.45, 7) is 0. The van der Waals surface area contributed by atoms with E-state index in [-0.39, 0.29) is 0 Å². The highest BCUT2D eigenvalue weighted by Crippen LogP contribution is 2.38. The Morgan fingerprint density at radius 1 is 1.29 bits per heavy atom. The summed E-state index contributed by atoms with van der Waals surface area (Å²) >= 11 is 1.46. The number of aromatic nitrogens is 1. The van der Waals surface area contributed by atoms with Crippen LogP contribution in [-0.4, -0.2) is 22.2 Å². The van der Waals surface area contributed by atoms with E-state index in [9.17, 15) is 10.0 Å². The molecule has 1 fully saturated rings. The van der Waals surface area contributed by atoms with Crippen LogP contribution < -0.4 is 4.78 Å². The largest absolute Gasteiger partial charge is 0.499 e. The topological polar surface area (TPSA) is 53.4 Å². The highest BCUT2D eigenvalue weighted by molar-refractivity contribution is 7.28. The van der Waals surface area contributed by atoms with Crippen molar-refractivity contribution in [3.8, 4) is 0 Å². The Bertz CT molecular complexity index is 534. The second-order valence-corrected chi connectivity index (χ2v) is 5.70. The zero-order valence-electron chi connectivity index (χ0n) is 9.47. The summed E-state index contributed by atoms with van der Waals surface area (Å²) < 4.78 is 1.71. The predicted octanol–water partition coefficient (Wildman–Crippen LogP) is 1.63. The molecular weight excluding hydrogens is 233 g/mol. The Balaban J connectivity index is 2.11. The molecule has 2 N–H and O–H groups in total. The summed E-state index contributed by atoms with van der Waals surface area (Å²) in [5, 5.41) is 18.4. The molecule has 0 unspecified atom stereocenters. The Morgan fingerprint density at radius 2 is 2.06 bits per heavy atom. The number of pyridine rings is 1. The third-order valence-electron chi connectivity index (χ3n) is 3.51. The van der Waals surface area contributed by atoms with Crippen molar-refractivity contribution >= 4 is 33.4 Å². The van der Waals surface area contributed by atoms with Crippen molar-refractivity contribution in [2.24, 2.45) is 0 Å². The van der Waals surface area contributed by atoms with Crippen LogP contribution in [0.3, 0.4) is 0 Å². The van der Waals surface area contributed by atoms with E-state index >= 15 is 0 Å². The van der Waals surface area contributed by atoms with Gasteiger partial charge in [0.25, 0.3) is 0 Å². The smallest absolute Gasteiger partial charge is 0.423 e. The number of thiophene rings is 1. The van der Waals surface area contributed by atoms with E-state index in [2.05, 4.69) is 11.1 Å². The summed E-state index contributed by atoms with van der Waals surface area (Å²) in [6, 6.07) is 3.87. The second kappa shape index (κ2) is 4.40. The monoisotopic (exact) mass is 247 g/mol. The molecule has 0 radical (unpaired) electrons. The van der Waals surface area contributed by atoms with E-state index in [1.165, 1.54) is 42.6 Å². The molecule has 17 heavy (non-hydrogen) atoms. The molecule has 88 valence electrons. The van der Waals surface area contributed by atoms with Gasteiger partial charge in [0.2, 0.25) is 0 Å². The average molecular weight is 247 g/mol. The fourth-order valence-electron chi connectivity index (χ4n) is 2.66. The molecule has 2 aromatic heterocycles. The molecule has 3 rings (SSSR count). The highest BCUT2D eigenvalue weighted by Gasteiger charge is 2.22. The standard InChI is InChI=1S/C12H14BNO2S/c15-13(16)11-7-10-12(17-11)9(5-6-14-10)8-3-1-2-4-8/h5-8,15-16H,1-4H2. The number of nitrogens with zero attached hydrogens (tertiary/aromatic N) is 1. The van der Waals surface area contributed by atoms with Gasteiger partial charge in [-0.25, -0.2) is 0 Å². The van der Waals surface area contributed by atoms with Crippen LogP contribution >= 0.6 is 11.3 Å². The minimum atomic E-state index is -1.38. The fraction of sp³-hybridized carbons (Fsp3) is 0.417. The van der Waals surface area contributed by atoms with Crippen LogP contribution in [0.5, 0.6) is 0 Å². The van der Waals surface area contributed by atoms with Gasteiger partial charge in [0.15, 0.2) is 0 Å². The summed E-state index contributed by atoms with van der Waals surface area (Å²) in [7, 11) is -1.38. The normalized spacial score (nSPS) is 16.8. The molecular formula is C12H14BNO2S. The van der Waals surface area contributed by atoms with Crippen molar-refractivity contribution in [1.29, 1.82) is 0 Å². The summed E-state index contributed by atoms with van der Waals surface area (Å²) in [6.07, 6.45) is 6.92. The van der Waals surface area contributed by atoms with Crippen LogP contribution in [0.4, 0.5) is 0 Å². The van der Waals surface area contributed by atoms with Gasteiger partial charge in [0.1, 0.15) is 0 Å². The van der Waals surface area contributed by atoms with E-state index in [0.717, 1.165) is 10.2 Å². The second-order valence-electron chi connectivity index (χ2n) is 4.62. The summed E-state index contributed by atoms with van der Waals surface area (Å²) in [5.74, 6) is 0.628. The third kappa shape index (κ3) is 1.99. The molecule has 0 amide bonds. The van der Waals surface area contributed by atoms with Gasteiger partial charge in [0, 0.05) is 11.0 Å². The maximum atomic E-state index is 9.22. The Hall–Kier alpha value is -0.905. The first-order valence-corrected chi connectivity index (χ1v) is 6.82. The number of hydrogen-bond donors (Lipinski definition) is 2. The molecule has 2 heterocycles. The first kappa shape index (κ1) is 11.2. The van der Waals surface area contributed by atoms with Crippen molar-refractivity contribution in [2.45, 2.75) is 31.6 Å². The van der Waals surface area contributed by atoms with Gasteiger partial charge >= 0.3 is 7.12 Å². The lowest BCUT2D eigenvalue weighted by Gasteiger charge is -2.09. The number of hydrogen-bond acceptors (Lipinski definition) is 4. The van der Waals surface area contributed by atoms with Crippen molar-refractivity contribution in [2.75, 3.05) is 0 Å². The molecule has 0 atom stereocenters. The minimum Gasteiger partial charge on any atom is -0.423 e. The van der Waals surface area contributed by atoms with Crippen LogP contribution in [0.25, 0.3) is 10.2 Å².